The van der Waals surface area contributed by atoms with Crippen molar-refractivity contribution in [1.82, 2.24) is 19.7 Å². The van der Waals surface area contributed by atoms with Gasteiger partial charge in [-0.1, -0.05) is 0 Å². The van der Waals surface area contributed by atoms with Gasteiger partial charge in [-0.15, -0.1) is 0 Å². The Morgan fingerprint density at radius 2 is 2.04 bits per heavy atom. The van der Waals surface area contributed by atoms with Crippen LogP contribution in [0.1, 0.15) is 36.0 Å². The summed E-state index contributed by atoms with van der Waals surface area (Å²) in [7, 11) is 1.93. The van der Waals surface area contributed by atoms with Crippen LogP contribution in [0.5, 0.6) is 0 Å². The first-order chi connectivity index (χ1) is 12.7. The summed E-state index contributed by atoms with van der Waals surface area (Å²) in [6, 6.07) is 6.03. The smallest absolute Gasteiger partial charge is 0.257 e. The highest BCUT2D eigenvalue weighted by Crippen LogP contribution is 2.23. The molecule has 0 spiro atoms. The quantitative estimate of drug-likeness (QED) is 0.911. The van der Waals surface area contributed by atoms with Gasteiger partial charge in [-0.25, -0.2) is 4.98 Å². The third kappa shape index (κ3) is 3.52. The first-order valence-corrected chi connectivity index (χ1v) is 9.46. The van der Waals surface area contributed by atoms with E-state index in [1.165, 1.54) is 6.42 Å². The summed E-state index contributed by atoms with van der Waals surface area (Å²) in [5.74, 6) is 1.80. The second-order valence-corrected chi connectivity index (χ2v) is 7.18. The number of rotatable bonds is 4. The fourth-order valence-electron chi connectivity index (χ4n) is 3.81. The molecule has 7 heteroatoms. The zero-order valence-electron chi connectivity index (χ0n) is 15.3. The first-order valence-electron chi connectivity index (χ1n) is 9.46. The molecule has 2 aliphatic rings. The summed E-state index contributed by atoms with van der Waals surface area (Å²) in [6.45, 7) is 3.52. The third-order valence-corrected chi connectivity index (χ3v) is 5.23. The maximum Gasteiger partial charge on any atom is 0.257 e. The maximum atomic E-state index is 12.9. The predicted octanol–water partition coefficient (Wildman–Crippen LogP) is 2.13. The second kappa shape index (κ2) is 7.35. The number of aromatic nitrogens is 3. The van der Waals surface area contributed by atoms with Gasteiger partial charge in [0.2, 0.25) is 0 Å². The molecule has 4 rings (SSSR count). The number of nitrogens with zero attached hydrogens (tertiary/aromatic N) is 5. The van der Waals surface area contributed by atoms with Gasteiger partial charge in [0.05, 0.1) is 5.56 Å². The zero-order valence-corrected chi connectivity index (χ0v) is 15.3. The van der Waals surface area contributed by atoms with Gasteiger partial charge in [-0.2, -0.15) is 5.10 Å². The molecule has 2 saturated heterocycles. The zero-order chi connectivity index (χ0) is 17.9. The van der Waals surface area contributed by atoms with Crippen molar-refractivity contribution >= 4 is 17.5 Å². The van der Waals surface area contributed by atoms with Gasteiger partial charge in [0.15, 0.2) is 5.82 Å². The van der Waals surface area contributed by atoms with Crippen LogP contribution in [-0.2, 0) is 7.05 Å². The van der Waals surface area contributed by atoms with Crippen LogP contribution in [0.15, 0.2) is 30.6 Å². The Morgan fingerprint density at radius 3 is 2.81 bits per heavy atom. The maximum absolute atomic E-state index is 12.9. The summed E-state index contributed by atoms with van der Waals surface area (Å²) in [6.07, 6.45) is 8.12. The van der Waals surface area contributed by atoms with E-state index in [0.717, 1.165) is 51.3 Å². The van der Waals surface area contributed by atoms with Gasteiger partial charge in [0, 0.05) is 57.7 Å². The van der Waals surface area contributed by atoms with Crippen molar-refractivity contribution in [1.29, 1.82) is 0 Å². The van der Waals surface area contributed by atoms with E-state index in [0.29, 0.717) is 11.4 Å². The largest absolute Gasteiger partial charge is 0.365 e. The van der Waals surface area contributed by atoms with E-state index in [-0.39, 0.29) is 11.9 Å². The van der Waals surface area contributed by atoms with Gasteiger partial charge < -0.3 is 15.1 Å². The van der Waals surface area contributed by atoms with Gasteiger partial charge in [0.25, 0.3) is 5.91 Å². The number of carbonyl (C=O) groups is 1. The molecule has 4 heterocycles. The Bertz CT molecular complexity index is 767. The molecule has 0 radical (unpaired) electrons. The minimum absolute atomic E-state index is 0.0971. The highest BCUT2D eigenvalue weighted by atomic mass is 16.2. The number of anilines is 2. The minimum atomic E-state index is 0.0971. The SMILES string of the molecule is Cn1ccc(N2CCC(Nc3ncccc3C(=O)N3CCCCC3)C2)n1. The average Bonchev–Trinajstić information content (AvgIpc) is 3.31. The summed E-state index contributed by atoms with van der Waals surface area (Å²) in [4.78, 5) is 21.6. The molecule has 0 aromatic carbocycles. The number of likely N-dealkylation sites (tertiary alicyclic amines) is 1. The molecule has 0 bridgehead atoms. The summed E-state index contributed by atoms with van der Waals surface area (Å²) in [5.41, 5.74) is 0.686. The van der Waals surface area contributed by atoms with Crippen LogP contribution < -0.4 is 10.2 Å². The molecule has 1 atom stereocenters. The molecule has 1 unspecified atom stereocenters. The highest BCUT2D eigenvalue weighted by molar-refractivity contribution is 5.98. The Labute approximate surface area is 154 Å². The van der Waals surface area contributed by atoms with Crippen molar-refractivity contribution in [2.75, 3.05) is 36.4 Å². The van der Waals surface area contributed by atoms with Crippen LogP contribution in [0.3, 0.4) is 0 Å². The number of nitrogens with one attached hydrogen (secondary N) is 1. The molecular weight excluding hydrogens is 328 g/mol. The standard InChI is InChI=1S/C19H26N6O/c1-23-12-8-17(22-23)25-13-7-15(14-25)21-18-16(6-5-9-20-18)19(26)24-10-3-2-4-11-24/h5-6,8-9,12,15H,2-4,7,10-11,13-14H2,1H3,(H,20,21). The van der Waals surface area contributed by atoms with Gasteiger partial charge in [-0.3, -0.25) is 9.48 Å². The second-order valence-electron chi connectivity index (χ2n) is 7.18. The molecule has 1 amide bonds. The molecule has 138 valence electrons. The molecular formula is C19H26N6O. The topological polar surface area (TPSA) is 66.3 Å². The van der Waals surface area contributed by atoms with E-state index < -0.39 is 0 Å². The van der Waals surface area contributed by atoms with Crippen LogP contribution in [0.25, 0.3) is 0 Å². The number of hydrogen-bond donors (Lipinski definition) is 1. The van der Waals surface area contributed by atoms with Crippen molar-refractivity contribution in [3.63, 3.8) is 0 Å². The van der Waals surface area contributed by atoms with Crippen LogP contribution >= 0.6 is 0 Å². The Hall–Kier alpha value is -2.57. The van der Waals surface area contributed by atoms with Gasteiger partial charge in [0.1, 0.15) is 5.82 Å². The van der Waals surface area contributed by atoms with Gasteiger partial charge >= 0.3 is 0 Å². The molecule has 2 aromatic rings. The number of piperidine rings is 1. The van der Waals surface area contributed by atoms with E-state index in [9.17, 15) is 4.79 Å². The van der Waals surface area contributed by atoms with E-state index in [4.69, 9.17) is 0 Å². The van der Waals surface area contributed by atoms with Crippen molar-refractivity contribution in [2.45, 2.75) is 31.7 Å². The summed E-state index contributed by atoms with van der Waals surface area (Å²) < 4.78 is 1.82. The number of hydrogen-bond acceptors (Lipinski definition) is 5. The molecule has 1 N–H and O–H groups in total. The predicted molar refractivity (Wildman–Crippen MR) is 101 cm³/mol. The molecule has 2 aromatic heterocycles. The van der Waals surface area contributed by atoms with Crippen molar-refractivity contribution < 1.29 is 4.79 Å². The molecule has 0 aliphatic carbocycles. The number of aryl methyl sites for hydroxylation is 1. The lowest BCUT2D eigenvalue weighted by atomic mass is 10.1. The summed E-state index contributed by atoms with van der Waals surface area (Å²) >= 11 is 0. The fraction of sp³-hybridized carbons (Fsp3) is 0.526. The molecule has 0 saturated carbocycles. The average molecular weight is 354 g/mol. The normalized spacial score (nSPS) is 20.4. The lowest BCUT2D eigenvalue weighted by Gasteiger charge is -2.27. The van der Waals surface area contributed by atoms with Crippen molar-refractivity contribution in [3.05, 3.63) is 36.2 Å². The first kappa shape index (κ1) is 16.9. The van der Waals surface area contributed by atoms with Crippen LogP contribution in [-0.4, -0.2) is 57.8 Å². The van der Waals surface area contributed by atoms with Crippen LogP contribution in [0.2, 0.25) is 0 Å². The molecule has 2 fully saturated rings. The highest BCUT2D eigenvalue weighted by Gasteiger charge is 2.27. The Kier molecular flexibility index (Phi) is 4.77. The number of pyridine rings is 1. The minimum Gasteiger partial charge on any atom is -0.365 e. The van der Waals surface area contributed by atoms with E-state index in [1.54, 1.807) is 6.20 Å². The lowest BCUT2D eigenvalue weighted by Crippen LogP contribution is -2.36. The molecule has 7 nitrogen and oxygen atoms in total. The molecule has 2 aliphatic heterocycles. The van der Waals surface area contributed by atoms with Crippen molar-refractivity contribution in [3.8, 4) is 0 Å². The monoisotopic (exact) mass is 354 g/mol. The summed E-state index contributed by atoms with van der Waals surface area (Å²) in [5, 5.41) is 7.98. The van der Waals surface area contributed by atoms with E-state index >= 15 is 0 Å². The lowest BCUT2D eigenvalue weighted by molar-refractivity contribution is 0.0725. The van der Waals surface area contributed by atoms with Crippen LogP contribution in [0.4, 0.5) is 11.6 Å². The fourth-order valence-corrected chi connectivity index (χ4v) is 3.81. The number of amides is 1. The number of carbonyl (C=O) groups excluding carboxylic acids is 1. The van der Waals surface area contributed by atoms with Crippen molar-refractivity contribution in [2.24, 2.45) is 7.05 Å². The van der Waals surface area contributed by atoms with E-state index in [2.05, 4.69) is 20.3 Å². The van der Waals surface area contributed by atoms with Crippen LogP contribution in [0, 0.1) is 0 Å². The van der Waals surface area contributed by atoms with Gasteiger partial charge in [-0.05, 0) is 37.8 Å². The molecule has 26 heavy (non-hydrogen) atoms. The Morgan fingerprint density at radius 1 is 1.19 bits per heavy atom. The third-order valence-electron chi connectivity index (χ3n) is 5.23. The Balaban J connectivity index is 1.44. The van der Waals surface area contributed by atoms with E-state index in [1.807, 2.05) is 41.0 Å².